The van der Waals surface area contributed by atoms with Crippen LogP contribution in [0.1, 0.15) is 36.3 Å². The Balaban J connectivity index is 1.61. The average Bonchev–Trinajstić information content (AvgIpc) is 3.04. The van der Waals surface area contributed by atoms with Gasteiger partial charge in [0.15, 0.2) is 0 Å². The summed E-state index contributed by atoms with van der Waals surface area (Å²) in [5, 5.41) is 0. The number of hydrogen-bond donors (Lipinski definition) is 1. The number of carbonyl (C=O) groups excluding carboxylic acids is 1. The van der Waals surface area contributed by atoms with Crippen molar-refractivity contribution in [2.24, 2.45) is 5.73 Å². The van der Waals surface area contributed by atoms with Gasteiger partial charge < -0.3 is 15.4 Å². The van der Waals surface area contributed by atoms with Crippen LogP contribution in [0.15, 0.2) is 54.6 Å². The van der Waals surface area contributed by atoms with Crippen LogP contribution in [0, 0.1) is 0 Å². The monoisotopic (exact) mass is 338 g/mol. The van der Waals surface area contributed by atoms with E-state index in [1.807, 2.05) is 47.4 Å². The Bertz CT molecular complexity index is 700. The molecule has 0 saturated carbocycles. The van der Waals surface area contributed by atoms with E-state index in [1.165, 1.54) is 5.56 Å². The second-order valence-electron chi connectivity index (χ2n) is 6.86. The highest BCUT2D eigenvalue weighted by atomic mass is 16.5. The fourth-order valence-electron chi connectivity index (χ4n) is 3.53. The van der Waals surface area contributed by atoms with Crippen molar-refractivity contribution < 1.29 is 9.53 Å². The van der Waals surface area contributed by atoms with E-state index in [1.54, 1.807) is 7.11 Å². The second-order valence-corrected chi connectivity index (χ2v) is 6.86. The molecule has 1 amide bonds. The highest BCUT2D eigenvalue weighted by molar-refractivity contribution is 5.77. The van der Waals surface area contributed by atoms with Crippen LogP contribution in [-0.4, -0.2) is 37.0 Å². The van der Waals surface area contributed by atoms with E-state index in [0.29, 0.717) is 19.5 Å². The molecule has 1 fully saturated rings. The number of rotatable bonds is 5. The Labute approximate surface area is 149 Å². The highest BCUT2D eigenvalue weighted by Gasteiger charge is 2.34. The van der Waals surface area contributed by atoms with Crippen molar-refractivity contribution in [3.8, 4) is 5.75 Å². The van der Waals surface area contributed by atoms with Gasteiger partial charge in [-0.3, -0.25) is 4.79 Å². The van der Waals surface area contributed by atoms with Crippen molar-refractivity contribution in [1.29, 1.82) is 0 Å². The zero-order valence-corrected chi connectivity index (χ0v) is 14.9. The number of carbonyl (C=O) groups is 1. The summed E-state index contributed by atoms with van der Waals surface area (Å²) in [6, 6.07) is 18.2. The number of methoxy groups -OCH3 is 1. The van der Waals surface area contributed by atoms with E-state index in [-0.39, 0.29) is 23.8 Å². The summed E-state index contributed by atoms with van der Waals surface area (Å²) in [4.78, 5) is 14.6. The molecule has 3 rings (SSSR count). The van der Waals surface area contributed by atoms with E-state index in [9.17, 15) is 4.79 Å². The molecule has 2 N–H and O–H groups in total. The van der Waals surface area contributed by atoms with Gasteiger partial charge in [0.2, 0.25) is 5.91 Å². The normalized spacial score (nSPS) is 21.2. The van der Waals surface area contributed by atoms with E-state index in [0.717, 1.165) is 11.3 Å². The lowest BCUT2D eigenvalue weighted by molar-refractivity contribution is -0.130. The second kappa shape index (κ2) is 7.70. The minimum atomic E-state index is 0.00245. The fraction of sp³-hybridized carbons (Fsp3) is 0.381. The molecule has 4 heteroatoms. The van der Waals surface area contributed by atoms with Crippen molar-refractivity contribution in [3.05, 3.63) is 65.7 Å². The van der Waals surface area contributed by atoms with Crippen molar-refractivity contribution in [2.75, 3.05) is 20.2 Å². The topological polar surface area (TPSA) is 55.6 Å². The molecule has 0 spiro atoms. The van der Waals surface area contributed by atoms with Crippen molar-refractivity contribution in [3.63, 3.8) is 0 Å². The van der Waals surface area contributed by atoms with Gasteiger partial charge in [-0.05, 0) is 29.2 Å². The molecule has 1 unspecified atom stereocenters. The van der Waals surface area contributed by atoms with Crippen LogP contribution >= 0.6 is 0 Å². The van der Waals surface area contributed by atoms with Crippen LogP contribution in [0.3, 0.4) is 0 Å². The van der Waals surface area contributed by atoms with Gasteiger partial charge in [0.1, 0.15) is 5.75 Å². The first-order chi connectivity index (χ1) is 12.1. The van der Waals surface area contributed by atoms with Crippen LogP contribution in [0.25, 0.3) is 0 Å². The molecule has 0 radical (unpaired) electrons. The molecule has 0 bridgehead atoms. The van der Waals surface area contributed by atoms with E-state index >= 15 is 0 Å². The molecule has 1 saturated heterocycles. The van der Waals surface area contributed by atoms with E-state index < -0.39 is 0 Å². The van der Waals surface area contributed by atoms with Crippen LogP contribution in [0.4, 0.5) is 0 Å². The van der Waals surface area contributed by atoms with Crippen LogP contribution in [-0.2, 0) is 4.79 Å². The van der Waals surface area contributed by atoms with Crippen molar-refractivity contribution >= 4 is 5.91 Å². The summed E-state index contributed by atoms with van der Waals surface area (Å²) in [5.41, 5.74) is 8.67. The maximum Gasteiger partial charge on any atom is 0.223 e. The van der Waals surface area contributed by atoms with Gasteiger partial charge in [0.25, 0.3) is 0 Å². The van der Waals surface area contributed by atoms with Gasteiger partial charge in [-0.2, -0.15) is 0 Å². The predicted octanol–water partition coefficient (Wildman–Crippen LogP) is 3.14. The molecule has 1 aliphatic rings. The summed E-state index contributed by atoms with van der Waals surface area (Å²) in [5.74, 6) is 1.41. The standard InChI is InChI=1S/C21H26N2O2/c1-15(16-8-10-18(25-2)11-9-16)12-21(24)23-13-19(20(22)14-23)17-6-4-3-5-7-17/h3-11,15,19-20H,12-14,22H2,1-2H3/t15?,19-,20+/m0/s1. The minimum absolute atomic E-state index is 0.00245. The molecule has 0 aliphatic carbocycles. The SMILES string of the molecule is COc1ccc(C(C)CC(=O)N2C[C@@H](N)[C@H](c3ccccc3)C2)cc1. The number of benzene rings is 2. The van der Waals surface area contributed by atoms with Crippen molar-refractivity contribution in [1.82, 2.24) is 4.90 Å². The summed E-state index contributed by atoms with van der Waals surface area (Å²) in [7, 11) is 1.65. The summed E-state index contributed by atoms with van der Waals surface area (Å²) in [6.45, 7) is 3.43. The number of amides is 1. The van der Waals surface area contributed by atoms with Crippen molar-refractivity contribution in [2.45, 2.75) is 31.2 Å². The molecule has 3 atom stereocenters. The summed E-state index contributed by atoms with van der Waals surface area (Å²) >= 11 is 0. The highest BCUT2D eigenvalue weighted by Crippen LogP contribution is 2.29. The number of hydrogen-bond acceptors (Lipinski definition) is 3. The Kier molecular flexibility index (Phi) is 5.39. The molecule has 2 aromatic carbocycles. The van der Waals surface area contributed by atoms with Crippen LogP contribution in [0.2, 0.25) is 0 Å². The summed E-state index contributed by atoms with van der Waals surface area (Å²) in [6.07, 6.45) is 0.501. The molecule has 1 aliphatic heterocycles. The van der Waals surface area contributed by atoms with Gasteiger partial charge in [0.05, 0.1) is 7.11 Å². The van der Waals surface area contributed by atoms with Crippen LogP contribution < -0.4 is 10.5 Å². The van der Waals surface area contributed by atoms with Gasteiger partial charge in [0, 0.05) is 31.5 Å². The Morgan fingerprint density at radius 2 is 1.84 bits per heavy atom. The molecule has 25 heavy (non-hydrogen) atoms. The third-order valence-corrected chi connectivity index (χ3v) is 5.11. The van der Waals surface area contributed by atoms with Gasteiger partial charge >= 0.3 is 0 Å². The lowest BCUT2D eigenvalue weighted by Gasteiger charge is -2.19. The summed E-state index contributed by atoms with van der Waals surface area (Å²) < 4.78 is 5.19. The molecule has 4 nitrogen and oxygen atoms in total. The fourth-order valence-corrected chi connectivity index (χ4v) is 3.53. The van der Waals surface area contributed by atoms with Gasteiger partial charge in [-0.25, -0.2) is 0 Å². The van der Waals surface area contributed by atoms with Gasteiger partial charge in [-0.15, -0.1) is 0 Å². The molecular weight excluding hydrogens is 312 g/mol. The maximum atomic E-state index is 12.7. The van der Waals surface area contributed by atoms with Gasteiger partial charge in [-0.1, -0.05) is 49.4 Å². The lowest BCUT2D eigenvalue weighted by atomic mass is 9.95. The maximum absolute atomic E-state index is 12.7. The number of likely N-dealkylation sites (tertiary alicyclic amines) is 1. The lowest BCUT2D eigenvalue weighted by Crippen LogP contribution is -2.32. The smallest absolute Gasteiger partial charge is 0.223 e. The first-order valence-electron chi connectivity index (χ1n) is 8.80. The molecular formula is C21H26N2O2. The van der Waals surface area contributed by atoms with E-state index in [4.69, 9.17) is 10.5 Å². The zero-order valence-electron chi connectivity index (χ0n) is 14.9. The van der Waals surface area contributed by atoms with E-state index in [2.05, 4.69) is 19.1 Å². The Morgan fingerprint density at radius 3 is 2.48 bits per heavy atom. The minimum Gasteiger partial charge on any atom is -0.497 e. The third kappa shape index (κ3) is 4.02. The first kappa shape index (κ1) is 17.5. The number of ether oxygens (including phenoxy) is 1. The molecule has 1 heterocycles. The first-order valence-corrected chi connectivity index (χ1v) is 8.80. The largest absolute Gasteiger partial charge is 0.497 e. The third-order valence-electron chi connectivity index (χ3n) is 5.11. The molecule has 2 aromatic rings. The Morgan fingerprint density at radius 1 is 1.16 bits per heavy atom. The zero-order chi connectivity index (χ0) is 17.8. The number of nitrogens with zero attached hydrogens (tertiary/aromatic N) is 1. The predicted molar refractivity (Wildman–Crippen MR) is 99.8 cm³/mol. The van der Waals surface area contributed by atoms with Crippen LogP contribution in [0.5, 0.6) is 5.75 Å². The average molecular weight is 338 g/mol. The Hall–Kier alpha value is -2.33. The number of nitrogens with two attached hydrogens (primary N) is 1. The molecule has 0 aromatic heterocycles. The molecule has 132 valence electrons. The quantitative estimate of drug-likeness (QED) is 0.911.